The van der Waals surface area contributed by atoms with Crippen LogP contribution in [0.25, 0.3) is 0 Å². The highest BCUT2D eigenvalue weighted by Crippen LogP contribution is 2.18. The fraction of sp³-hybridized carbons (Fsp3) is 0.636. The van der Waals surface area contributed by atoms with Crippen molar-refractivity contribution < 1.29 is 8.42 Å². The molecule has 0 spiro atoms. The van der Waals surface area contributed by atoms with E-state index in [4.69, 9.17) is 5.73 Å². The van der Waals surface area contributed by atoms with E-state index in [1.165, 1.54) is 6.33 Å². The minimum Gasteiger partial charge on any atom is -0.383 e. The largest absolute Gasteiger partial charge is 0.383 e. The summed E-state index contributed by atoms with van der Waals surface area (Å²) < 4.78 is 25.1. The van der Waals surface area contributed by atoms with Gasteiger partial charge in [0.05, 0.1) is 6.26 Å². The molecule has 108 valence electrons. The second-order valence-corrected chi connectivity index (χ2v) is 6.80. The summed E-state index contributed by atoms with van der Waals surface area (Å²) in [5.41, 5.74) is 5.97. The van der Waals surface area contributed by atoms with Crippen LogP contribution in [0.4, 0.5) is 11.6 Å². The van der Waals surface area contributed by atoms with Gasteiger partial charge >= 0.3 is 0 Å². The Morgan fingerprint density at radius 1 is 1.37 bits per heavy atom. The van der Waals surface area contributed by atoms with Gasteiger partial charge in [-0.15, -0.1) is 0 Å². The number of anilines is 2. The first-order valence-corrected chi connectivity index (χ1v) is 7.86. The van der Waals surface area contributed by atoms with Crippen molar-refractivity contribution in [3.63, 3.8) is 0 Å². The molecule has 8 heteroatoms. The molecule has 0 aliphatic heterocycles. The Morgan fingerprint density at radius 2 is 2.00 bits per heavy atom. The summed E-state index contributed by atoms with van der Waals surface area (Å²) >= 11 is 0. The molecular formula is C11H21N5O2S. The van der Waals surface area contributed by atoms with Crippen LogP contribution in [-0.4, -0.2) is 36.7 Å². The number of nitrogens with two attached hydrogens (primary N) is 1. The van der Waals surface area contributed by atoms with Crippen LogP contribution in [0.3, 0.4) is 0 Å². The monoisotopic (exact) mass is 287 g/mol. The molecule has 0 aliphatic rings. The third-order valence-corrected chi connectivity index (χ3v) is 3.42. The van der Waals surface area contributed by atoms with Crippen molar-refractivity contribution in [2.24, 2.45) is 0 Å². The van der Waals surface area contributed by atoms with E-state index in [1.54, 1.807) is 13.8 Å². The molecule has 0 saturated carbocycles. The summed E-state index contributed by atoms with van der Waals surface area (Å²) in [5.74, 6) is 1.08. The first kappa shape index (κ1) is 15.6. The molecule has 0 saturated heterocycles. The van der Waals surface area contributed by atoms with Crippen molar-refractivity contribution in [2.75, 3.05) is 23.9 Å². The second kappa shape index (κ2) is 5.70. The van der Waals surface area contributed by atoms with Crippen LogP contribution >= 0.6 is 0 Å². The molecule has 1 rings (SSSR count). The summed E-state index contributed by atoms with van der Waals surface area (Å²) in [4.78, 5) is 8.06. The summed E-state index contributed by atoms with van der Waals surface area (Å²) in [6.07, 6.45) is 3.22. The van der Waals surface area contributed by atoms with Crippen LogP contribution < -0.4 is 15.8 Å². The van der Waals surface area contributed by atoms with E-state index in [2.05, 4.69) is 20.0 Å². The molecule has 0 amide bonds. The van der Waals surface area contributed by atoms with Crippen molar-refractivity contribution in [1.82, 2.24) is 14.7 Å². The van der Waals surface area contributed by atoms with E-state index in [0.29, 0.717) is 24.6 Å². The van der Waals surface area contributed by atoms with Gasteiger partial charge in [0.1, 0.15) is 18.0 Å². The third-order valence-electron chi connectivity index (χ3n) is 2.49. The topological polar surface area (TPSA) is 110 Å². The molecule has 0 fully saturated rings. The average Bonchev–Trinajstić information content (AvgIpc) is 2.23. The standard InChI is InChI=1S/C11H21N5O2S/c1-5-8-9(12)14-7-15-10(8)13-6-11(2,3)16-19(4,17)18/h7,16H,5-6H2,1-4H3,(H3,12,13,14,15). The number of hydrogen-bond donors (Lipinski definition) is 3. The van der Waals surface area contributed by atoms with Gasteiger partial charge in [-0.25, -0.2) is 23.1 Å². The van der Waals surface area contributed by atoms with Crippen molar-refractivity contribution >= 4 is 21.7 Å². The van der Waals surface area contributed by atoms with Crippen LogP contribution in [0.5, 0.6) is 0 Å². The third kappa shape index (κ3) is 4.99. The number of aromatic nitrogens is 2. The molecule has 0 radical (unpaired) electrons. The Kier molecular flexibility index (Phi) is 4.70. The lowest BCUT2D eigenvalue weighted by molar-refractivity contribution is 0.475. The van der Waals surface area contributed by atoms with Crippen molar-refractivity contribution in [3.8, 4) is 0 Å². The molecule has 7 nitrogen and oxygen atoms in total. The summed E-state index contributed by atoms with van der Waals surface area (Å²) in [6, 6.07) is 0. The molecule has 0 aliphatic carbocycles. The van der Waals surface area contributed by atoms with Crippen LogP contribution in [0, 0.1) is 0 Å². The van der Waals surface area contributed by atoms with E-state index in [1.807, 2.05) is 6.92 Å². The summed E-state index contributed by atoms with van der Waals surface area (Å²) in [5, 5.41) is 3.11. The number of nitrogen functional groups attached to an aromatic ring is 1. The van der Waals surface area contributed by atoms with Gasteiger partial charge in [0.25, 0.3) is 0 Å². The fourth-order valence-corrected chi connectivity index (χ4v) is 2.85. The Labute approximate surface area is 114 Å². The number of sulfonamides is 1. The van der Waals surface area contributed by atoms with E-state index in [0.717, 1.165) is 11.8 Å². The Hall–Kier alpha value is -1.41. The molecule has 0 unspecified atom stereocenters. The Morgan fingerprint density at radius 3 is 2.53 bits per heavy atom. The van der Waals surface area contributed by atoms with Gasteiger partial charge in [-0.1, -0.05) is 6.92 Å². The lowest BCUT2D eigenvalue weighted by atomic mass is 10.1. The highest BCUT2D eigenvalue weighted by Gasteiger charge is 2.22. The normalized spacial score (nSPS) is 12.4. The molecule has 0 bridgehead atoms. The molecule has 1 heterocycles. The van der Waals surface area contributed by atoms with Gasteiger partial charge in [-0.3, -0.25) is 0 Å². The average molecular weight is 287 g/mol. The van der Waals surface area contributed by atoms with Gasteiger partial charge in [-0.05, 0) is 20.3 Å². The van der Waals surface area contributed by atoms with Crippen LogP contribution in [0.1, 0.15) is 26.3 Å². The highest BCUT2D eigenvalue weighted by molar-refractivity contribution is 7.88. The Balaban J connectivity index is 2.79. The summed E-state index contributed by atoms with van der Waals surface area (Å²) in [7, 11) is -3.26. The van der Waals surface area contributed by atoms with E-state index in [9.17, 15) is 8.42 Å². The second-order valence-electron chi connectivity index (χ2n) is 5.05. The van der Waals surface area contributed by atoms with Gasteiger partial charge in [0.2, 0.25) is 10.0 Å². The van der Waals surface area contributed by atoms with Gasteiger partial charge in [0, 0.05) is 17.6 Å². The number of rotatable bonds is 6. The van der Waals surface area contributed by atoms with Crippen molar-refractivity contribution in [1.29, 1.82) is 0 Å². The highest BCUT2D eigenvalue weighted by atomic mass is 32.2. The lowest BCUT2D eigenvalue weighted by Gasteiger charge is -2.26. The van der Waals surface area contributed by atoms with Crippen molar-refractivity contribution in [2.45, 2.75) is 32.7 Å². The minimum atomic E-state index is -3.26. The Bertz CT molecular complexity index is 542. The van der Waals surface area contributed by atoms with Gasteiger partial charge in [0.15, 0.2) is 0 Å². The van der Waals surface area contributed by atoms with Gasteiger partial charge in [-0.2, -0.15) is 0 Å². The zero-order chi connectivity index (χ0) is 14.7. The lowest BCUT2D eigenvalue weighted by Crippen LogP contribution is -2.48. The molecule has 1 aromatic heterocycles. The predicted octanol–water partition coefficient (Wildman–Crippen LogP) is 0.361. The minimum absolute atomic E-state index is 0.392. The van der Waals surface area contributed by atoms with Crippen LogP contribution in [0.2, 0.25) is 0 Å². The number of nitrogens with one attached hydrogen (secondary N) is 2. The quantitative estimate of drug-likeness (QED) is 0.697. The van der Waals surface area contributed by atoms with Crippen molar-refractivity contribution in [3.05, 3.63) is 11.9 Å². The van der Waals surface area contributed by atoms with Crippen LogP contribution in [-0.2, 0) is 16.4 Å². The maximum absolute atomic E-state index is 11.3. The molecule has 1 aromatic rings. The zero-order valence-corrected chi connectivity index (χ0v) is 12.5. The zero-order valence-electron chi connectivity index (χ0n) is 11.7. The van der Waals surface area contributed by atoms with E-state index >= 15 is 0 Å². The number of nitrogens with zero attached hydrogens (tertiary/aromatic N) is 2. The van der Waals surface area contributed by atoms with Gasteiger partial charge < -0.3 is 11.1 Å². The first-order valence-electron chi connectivity index (χ1n) is 5.97. The predicted molar refractivity (Wildman–Crippen MR) is 76.4 cm³/mol. The molecule has 0 aromatic carbocycles. The smallest absolute Gasteiger partial charge is 0.209 e. The molecule has 19 heavy (non-hydrogen) atoms. The maximum Gasteiger partial charge on any atom is 0.209 e. The fourth-order valence-electron chi connectivity index (χ4n) is 1.77. The summed E-state index contributed by atoms with van der Waals surface area (Å²) in [6.45, 7) is 5.93. The van der Waals surface area contributed by atoms with E-state index in [-0.39, 0.29) is 0 Å². The number of hydrogen-bond acceptors (Lipinski definition) is 6. The van der Waals surface area contributed by atoms with E-state index < -0.39 is 15.6 Å². The van der Waals surface area contributed by atoms with Crippen LogP contribution in [0.15, 0.2) is 6.33 Å². The maximum atomic E-state index is 11.3. The molecular weight excluding hydrogens is 266 g/mol. The SMILES string of the molecule is CCc1c(N)ncnc1NCC(C)(C)NS(C)(=O)=O. The molecule has 4 N–H and O–H groups in total. The first-order chi connectivity index (χ1) is 8.64. The molecule has 0 atom stereocenters.